The summed E-state index contributed by atoms with van der Waals surface area (Å²) in [6.07, 6.45) is 2.65. The molecule has 2 fully saturated rings. The highest BCUT2D eigenvalue weighted by Gasteiger charge is 2.39. The second-order valence-electron chi connectivity index (χ2n) is 9.28. The normalized spacial score (nSPS) is 19.7. The third kappa shape index (κ3) is 3.95. The van der Waals surface area contributed by atoms with Crippen molar-refractivity contribution in [2.75, 3.05) is 31.1 Å². The Labute approximate surface area is 197 Å². The van der Waals surface area contributed by atoms with Crippen LogP contribution in [0.15, 0.2) is 42.5 Å². The smallest absolute Gasteiger partial charge is 0.407 e. The Kier molecular flexibility index (Phi) is 5.52. The molecule has 0 unspecified atom stereocenters. The highest BCUT2D eigenvalue weighted by molar-refractivity contribution is 6.35. The van der Waals surface area contributed by atoms with Gasteiger partial charge in [0.2, 0.25) is 0 Å². The van der Waals surface area contributed by atoms with E-state index in [0.717, 1.165) is 31.2 Å². The number of halogens is 1. The lowest BCUT2D eigenvalue weighted by Gasteiger charge is -2.46. The van der Waals surface area contributed by atoms with E-state index in [9.17, 15) is 19.5 Å². The van der Waals surface area contributed by atoms with E-state index in [2.05, 4.69) is 0 Å². The molecule has 7 nitrogen and oxygen atoms in total. The topological polar surface area (TPSA) is 81.2 Å². The first kappa shape index (κ1) is 21.8. The molecular formula is C25H26ClN3O4. The molecule has 0 aromatic heterocycles. The van der Waals surface area contributed by atoms with Crippen molar-refractivity contribution in [3.63, 3.8) is 0 Å². The number of nitrogens with zero attached hydrogens (tertiary/aromatic N) is 3. The van der Waals surface area contributed by atoms with Crippen LogP contribution in [0.3, 0.4) is 0 Å². The summed E-state index contributed by atoms with van der Waals surface area (Å²) in [7, 11) is 0. The van der Waals surface area contributed by atoms with Crippen molar-refractivity contribution in [3.05, 3.63) is 64.2 Å². The summed E-state index contributed by atoms with van der Waals surface area (Å²) < 4.78 is 0. The average molecular weight is 468 g/mol. The molecule has 0 saturated carbocycles. The zero-order chi connectivity index (χ0) is 23.2. The number of carbonyl (C=O) groups is 3. The first-order chi connectivity index (χ1) is 15.9. The number of benzene rings is 2. The first-order valence-electron chi connectivity index (χ1n) is 11.3. The first-order valence-corrected chi connectivity index (χ1v) is 11.7. The number of anilines is 1. The van der Waals surface area contributed by atoms with Gasteiger partial charge in [0, 0.05) is 37.4 Å². The van der Waals surface area contributed by atoms with Gasteiger partial charge in [0.1, 0.15) is 0 Å². The van der Waals surface area contributed by atoms with Crippen LogP contribution in [-0.2, 0) is 6.54 Å². The maximum absolute atomic E-state index is 13.2. The summed E-state index contributed by atoms with van der Waals surface area (Å²) in [5.74, 6) is -0.176. The molecule has 8 heteroatoms. The van der Waals surface area contributed by atoms with Crippen LogP contribution in [0.1, 0.15) is 52.0 Å². The van der Waals surface area contributed by atoms with Crippen molar-refractivity contribution in [1.82, 2.24) is 9.80 Å². The number of piperidine rings is 2. The van der Waals surface area contributed by atoms with Gasteiger partial charge in [0.25, 0.3) is 11.8 Å². The van der Waals surface area contributed by atoms with E-state index < -0.39 is 6.09 Å². The number of hydrogen-bond acceptors (Lipinski definition) is 3. The number of amides is 3. The van der Waals surface area contributed by atoms with E-state index in [4.69, 9.17) is 11.6 Å². The van der Waals surface area contributed by atoms with E-state index in [1.807, 2.05) is 29.2 Å². The van der Waals surface area contributed by atoms with Gasteiger partial charge in [-0.15, -0.1) is 0 Å². The van der Waals surface area contributed by atoms with Crippen LogP contribution in [0.4, 0.5) is 10.5 Å². The molecule has 2 aromatic carbocycles. The molecule has 0 bridgehead atoms. The lowest BCUT2D eigenvalue weighted by Crippen LogP contribution is -2.49. The van der Waals surface area contributed by atoms with E-state index >= 15 is 0 Å². The number of carbonyl (C=O) groups excluding carboxylic acids is 2. The fourth-order valence-corrected chi connectivity index (χ4v) is 5.65. The second kappa shape index (κ2) is 8.37. The van der Waals surface area contributed by atoms with Gasteiger partial charge in [-0.2, -0.15) is 0 Å². The van der Waals surface area contributed by atoms with Gasteiger partial charge in [0.15, 0.2) is 0 Å². The highest BCUT2D eigenvalue weighted by atomic mass is 35.5. The molecule has 172 valence electrons. The lowest BCUT2D eigenvalue weighted by atomic mass is 9.71. The number of fused-ring (bicyclic) bond motifs is 1. The van der Waals surface area contributed by atoms with Gasteiger partial charge < -0.3 is 19.8 Å². The maximum atomic E-state index is 13.2. The highest BCUT2D eigenvalue weighted by Crippen LogP contribution is 2.41. The molecule has 5 rings (SSSR count). The third-order valence-electron chi connectivity index (χ3n) is 7.50. The van der Waals surface area contributed by atoms with Gasteiger partial charge >= 0.3 is 6.09 Å². The van der Waals surface area contributed by atoms with Gasteiger partial charge in [-0.3, -0.25) is 9.59 Å². The summed E-state index contributed by atoms with van der Waals surface area (Å²) >= 11 is 6.25. The second-order valence-corrected chi connectivity index (χ2v) is 9.68. The number of rotatable bonds is 2. The van der Waals surface area contributed by atoms with Gasteiger partial charge in [-0.25, -0.2) is 4.79 Å². The lowest BCUT2D eigenvalue weighted by molar-refractivity contribution is 0.0319. The molecule has 3 aliphatic heterocycles. The fraction of sp³-hybridized carbons (Fsp3) is 0.400. The van der Waals surface area contributed by atoms with E-state index in [1.54, 1.807) is 23.1 Å². The molecular weight excluding hydrogens is 442 g/mol. The summed E-state index contributed by atoms with van der Waals surface area (Å²) in [5.41, 5.74) is 2.81. The minimum absolute atomic E-state index is 0.0307. The largest absolute Gasteiger partial charge is 0.465 e. The Morgan fingerprint density at radius 1 is 0.909 bits per heavy atom. The van der Waals surface area contributed by atoms with Crippen molar-refractivity contribution in [2.45, 2.75) is 32.2 Å². The van der Waals surface area contributed by atoms with Crippen molar-refractivity contribution in [3.8, 4) is 0 Å². The minimum atomic E-state index is -0.848. The minimum Gasteiger partial charge on any atom is -0.465 e. The third-order valence-corrected chi connectivity index (χ3v) is 7.81. The van der Waals surface area contributed by atoms with Crippen LogP contribution in [-0.4, -0.2) is 59.0 Å². The van der Waals surface area contributed by atoms with Crippen LogP contribution < -0.4 is 4.90 Å². The van der Waals surface area contributed by atoms with Gasteiger partial charge in [-0.1, -0.05) is 29.8 Å². The number of carboxylic acid groups (broad SMARTS) is 1. The Morgan fingerprint density at radius 2 is 1.55 bits per heavy atom. The zero-order valence-electron chi connectivity index (χ0n) is 18.3. The fourth-order valence-electron chi connectivity index (χ4n) is 5.37. The van der Waals surface area contributed by atoms with Crippen molar-refractivity contribution < 1.29 is 19.5 Å². The average Bonchev–Trinajstić information content (AvgIpc) is 3.17. The Bertz CT molecular complexity index is 1120. The van der Waals surface area contributed by atoms with Crippen molar-refractivity contribution in [1.29, 1.82) is 0 Å². The summed E-state index contributed by atoms with van der Waals surface area (Å²) in [5, 5.41) is 9.64. The summed E-state index contributed by atoms with van der Waals surface area (Å²) in [6.45, 7) is 2.91. The molecule has 3 heterocycles. The van der Waals surface area contributed by atoms with Crippen molar-refractivity contribution in [2.24, 2.45) is 5.41 Å². The molecule has 0 radical (unpaired) electrons. The number of hydrogen-bond donors (Lipinski definition) is 1. The van der Waals surface area contributed by atoms with Crippen molar-refractivity contribution >= 4 is 35.2 Å². The molecule has 3 aliphatic rings. The van der Waals surface area contributed by atoms with E-state index in [1.165, 1.54) is 4.90 Å². The monoisotopic (exact) mass is 467 g/mol. The molecule has 3 amide bonds. The van der Waals surface area contributed by atoms with Crippen LogP contribution in [0.2, 0.25) is 5.02 Å². The quantitative estimate of drug-likeness (QED) is 0.705. The summed E-state index contributed by atoms with van der Waals surface area (Å²) in [6, 6.07) is 12.7. The van der Waals surface area contributed by atoms with E-state index in [-0.39, 0.29) is 17.2 Å². The molecule has 0 aliphatic carbocycles. The van der Waals surface area contributed by atoms with Gasteiger partial charge in [-0.05, 0) is 60.9 Å². The molecule has 0 atom stereocenters. The molecule has 1 spiro atoms. The Hall–Kier alpha value is -3.06. The Morgan fingerprint density at radius 3 is 2.18 bits per heavy atom. The standard InChI is InChI=1S/C25H26ClN3O4/c26-20-6-2-4-18-16-29(23(31)21(18)20)19-5-1-3-17(15-19)22(30)27-11-7-25(8-12-27)9-13-28(14-10-25)24(32)33/h1-6,15H,7-14,16H2,(H,32,33). The molecule has 1 N–H and O–H groups in total. The molecule has 2 aromatic rings. The maximum Gasteiger partial charge on any atom is 0.407 e. The van der Waals surface area contributed by atoms with Gasteiger partial charge in [0.05, 0.1) is 17.1 Å². The summed E-state index contributed by atoms with van der Waals surface area (Å²) in [4.78, 5) is 42.4. The molecule has 33 heavy (non-hydrogen) atoms. The van der Waals surface area contributed by atoms with Crippen LogP contribution in [0.5, 0.6) is 0 Å². The van der Waals surface area contributed by atoms with Crippen LogP contribution in [0, 0.1) is 5.41 Å². The predicted octanol–water partition coefficient (Wildman–Crippen LogP) is 4.50. The van der Waals surface area contributed by atoms with Crippen LogP contribution in [0.25, 0.3) is 0 Å². The SMILES string of the molecule is O=C(O)N1CCC2(CC1)CCN(C(=O)c1cccc(N3Cc4cccc(Cl)c4C3=O)c1)CC2. The Balaban J connectivity index is 1.26. The predicted molar refractivity (Wildman–Crippen MR) is 125 cm³/mol. The van der Waals surface area contributed by atoms with Crippen LogP contribution >= 0.6 is 11.6 Å². The molecule has 2 saturated heterocycles. The number of likely N-dealkylation sites (tertiary alicyclic amines) is 2. The van der Waals surface area contributed by atoms with E-state index in [0.29, 0.717) is 54.6 Å². The zero-order valence-corrected chi connectivity index (χ0v) is 19.1.